The van der Waals surface area contributed by atoms with E-state index in [0.717, 1.165) is 0 Å². The number of carbonyl (C=O) groups is 1. The number of nitrogens with two attached hydrogens (primary N) is 1. The summed E-state index contributed by atoms with van der Waals surface area (Å²) >= 11 is 0. The Kier molecular flexibility index (Phi) is 6.61. The molecule has 2 aromatic heterocycles. The van der Waals surface area contributed by atoms with Gasteiger partial charge in [-0.15, -0.1) is 0 Å². The number of nitrogens with zero attached hydrogens (tertiary/aromatic N) is 5. The van der Waals surface area contributed by atoms with Crippen molar-refractivity contribution in [3.8, 4) is 17.3 Å². The molecule has 3 N–H and O–H groups in total. The highest BCUT2D eigenvalue weighted by atomic mass is 32.2. The van der Waals surface area contributed by atoms with E-state index in [9.17, 15) is 18.5 Å². The van der Waals surface area contributed by atoms with Gasteiger partial charge in [0.15, 0.2) is 0 Å². The molecule has 1 fully saturated rings. The number of aromatic nitrogens is 3. The van der Waals surface area contributed by atoms with Crippen molar-refractivity contribution in [1.82, 2.24) is 18.8 Å². The molecule has 0 saturated carbocycles. The summed E-state index contributed by atoms with van der Waals surface area (Å²) in [4.78, 5) is 23.8. The number of amides is 1. The number of rotatable bonds is 6. The van der Waals surface area contributed by atoms with Crippen LogP contribution in [0.1, 0.15) is 22.3 Å². The van der Waals surface area contributed by atoms with Crippen LogP contribution in [0.5, 0.6) is 0 Å². The largest absolute Gasteiger partial charge is 0.399 e. The first kappa shape index (κ1) is 26.0. The number of likely N-dealkylation sites (tertiary alicyclic amines) is 1. The Bertz CT molecular complexity index is 1910. The van der Waals surface area contributed by atoms with Crippen molar-refractivity contribution in [3.05, 3.63) is 102 Å². The molecular formula is C30H25N7O3S. The van der Waals surface area contributed by atoms with Crippen LogP contribution in [0.25, 0.3) is 22.2 Å². The maximum atomic E-state index is 13.6. The molecule has 10 nitrogen and oxygen atoms in total. The first-order valence-electron chi connectivity index (χ1n) is 12.9. The molecule has 0 bridgehead atoms. The molecule has 1 amide bonds. The van der Waals surface area contributed by atoms with Crippen molar-refractivity contribution in [2.24, 2.45) is 0 Å². The molecule has 0 spiro atoms. The van der Waals surface area contributed by atoms with Gasteiger partial charge < -0.3 is 16.0 Å². The highest BCUT2D eigenvalue weighted by Gasteiger charge is 2.28. The van der Waals surface area contributed by atoms with Crippen LogP contribution >= 0.6 is 0 Å². The molecule has 6 rings (SSSR count). The number of benzene rings is 3. The maximum absolute atomic E-state index is 13.6. The third-order valence-electron chi connectivity index (χ3n) is 7.11. The van der Waals surface area contributed by atoms with E-state index in [1.54, 1.807) is 77.7 Å². The number of para-hydroxylation sites is 1. The fourth-order valence-corrected chi connectivity index (χ4v) is 6.43. The van der Waals surface area contributed by atoms with E-state index in [1.165, 1.54) is 16.4 Å². The summed E-state index contributed by atoms with van der Waals surface area (Å²) < 4.78 is 28.3. The van der Waals surface area contributed by atoms with Gasteiger partial charge in [0.1, 0.15) is 6.07 Å². The van der Waals surface area contributed by atoms with Crippen LogP contribution in [0.3, 0.4) is 0 Å². The summed E-state index contributed by atoms with van der Waals surface area (Å²) in [6.07, 6.45) is 3.62. The predicted molar refractivity (Wildman–Crippen MR) is 155 cm³/mol. The van der Waals surface area contributed by atoms with E-state index in [4.69, 9.17) is 5.73 Å². The normalized spacial score (nSPS) is 15.1. The first-order valence-corrected chi connectivity index (χ1v) is 14.4. The fourth-order valence-electron chi connectivity index (χ4n) is 5.04. The van der Waals surface area contributed by atoms with Crippen LogP contribution in [0.4, 0.5) is 11.6 Å². The second kappa shape index (κ2) is 10.4. The lowest BCUT2D eigenvalue weighted by atomic mass is 10.1. The predicted octanol–water partition coefficient (Wildman–Crippen LogP) is 4.12. The molecule has 3 heterocycles. The Morgan fingerprint density at radius 3 is 2.51 bits per heavy atom. The lowest BCUT2D eigenvalue weighted by Crippen LogP contribution is -2.31. The van der Waals surface area contributed by atoms with Crippen molar-refractivity contribution in [1.29, 1.82) is 5.26 Å². The minimum Gasteiger partial charge on any atom is -0.399 e. The Balaban J connectivity index is 1.32. The highest BCUT2D eigenvalue weighted by molar-refractivity contribution is 7.90. The second-order valence-electron chi connectivity index (χ2n) is 9.74. The zero-order chi connectivity index (χ0) is 28.6. The zero-order valence-electron chi connectivity index (χ0n) is 21.8. The van der Waals surface area contributed by atoms with E-state index in [1.807, 2.05) is 6.07 Å². The van der Waals surface area contributed by atoms with Crippen molar-refractivity contribution in [3.63, 3.8) is 0 Å². The average molecular weight is 564 g/mol. The molecule has 1 atom stereocenters. The fraction of sp³-hybridized carbons (Fsp3) is 0.133. The van der Waals surface area contributed by atoms with Gasteiger partial charge in [-0.2, -0.15) is 5.26 Å². The zero-order valence-corrected chi connectivity index (χ0v) is 22.6. The highest BCUT2D eigenvalue weighted by Crippen LogP contribution is 2.34. The van der Waals surface area contributed by atoms with Crippen molar-refractivity contribution in [2.75, 3.05) is 24.1 Å². The smallest absolute Gasteiger partial charge is 0.268 e. The van der Waals surface area contributed by atoms with Gasteiger partial charge in [0, 0.05) is 47.5 Å². The molecule has 1 saturated heterocycles. The summed E-state index contributed by atoms with van der Waals surface area (Å²) in [5.41, 5.74) is 8.39. The van der Waals surface area contributed by atoms with E-state index in [2.05, 4.69) is 21.4 Å². The van der Waals surface area contributed by atoms with Crippen LogP contribution < -0.4 is 11.1 Å². The summed E-state index contributed by atoms with van der Waals surface area (Å²) in [7, 11) is -3.91. The minimum absolute atomic E-state index is 0.0804. The molecule has 11 heteroatoms. The summed E-state index contributed by atoms with van der Waals surface area (Å²) in [5, 5.41) is 13.8. The third kappa shape index (κ3) is 4.85. The standard InChI is InChI=1S/C30H25N7O3S/c31-16-21-17-33-30(34-23-14-15-36(18-23)29(38)20-10-12-22(32)13-11-20)35-28(21)26-19-37(27-9-5-4-8-25(26)27)41(39,40)24-6-2-1-3-7-24/h1-13,17,19,23H,14-15,18,32H2,(H,33,34,35). The number of fused-ring (bicyclic) bond motifs is 1. The van der Waals surface area contributed by atoms with Gasteiger partial charge in [0.25, 0.3) is 15.9 Å². The number of nitrogen functional groups attached to an aromatic ring is 1. The molecule has 3 aromatic carbocycles. The molecule has 0 aliphatic carbocycles. The first-order chi connectivity index (χ1) is 19.8. The minimum atomic E-state index is -3.91. The summed E-state index contributed by atoms with van der Waals surface area (Å²) in [6.45, 7) is 1.02. The van der Waals surface area contributed by atoms with Gasteiger partial charge in [0.2, 0.25) is 5.95 Å². The molecule has 41 heavy (non-hydrogen) atoms. The lowest BCUT2D eigenvalue weighted by Gasteiger charge is -2.17. The Morgan fingerprint density at radius 2 is 1.76 bits per heavy atom. The SMILES string of the molecule is N#Cc1cnc(NC2CCN(C(=O)c3ccc(N)cc3)C2)nc1-c1cn(S(=O)(=O)c2ccccc2)c2ccccc12. The van der Waals surface area contributed by atoms with Crippen molar-refractivity contribution in [2.45, 2.75) is 17.4 Å². The van der Waals surface area contributed by atoms with Gasteiger partial charge in [-0.1, -0.05) is 36.4 Å². The molecule has 1 aliphatic rings. The Hall–Kier alpha value is -5.21. The van der Waals surface area contributed by atoms with E-state index in [0.29, 0.717) is 52.9 Å². The van der Waals surface area contributed by atoms with Gasteiger partial charge >= 0.3 is 0 Å². The van der Waals surface area contributed by atoms with E-state index in [-0.39, 0.29) is 28.4 Å². The third-order valence-corrected chi connectivity index (χ3v) is 8.80. The van der Waals surface area contributed by atoms with Crippen LogP contribution in [0, 0.1) is 11.3 Å². The number of carbonyl (C=O) groups excluding carboxylic acids is 1. The van der Waals surface area contributed by atoms with Crippen molar-refractivity contribution >= 4 is 38.5 Å². The number of anilines is 2. The van der Waals surface area contributed by atoms with E-state index < -0.39 is 10.0 Å². The number of hydrogen-bond donors (Lipinski definition) is 2. The van der Waals surface area contributed by atoms with E-state index >= 15 is 0 Å². The lowest BCUT2D eigenvalue weighted by molar-refractivity contribution is 0.0791. The van der Waals surface area contributed by atoms with Gasteiger partial charge in [-0.05, 0) is 48.9 Å². The van der Waals surface area contributed by atoms with Gasteiger partial charge in [0.05, 0.1) is 27.9 Å². The number of nitriles is 1. The average Bonchev–Trinajstić information content (AvgIpc) is 3.63. The van der Waals surface area contributed by atoms with Crippen LogP contribution in [-0.2, 0) is 10.0 Å². The van der Waals surface area contributed by atoms with Crippen LogP contribution in [0.15, 0.2) is 96.2 Å². The molecule has 0 radical (unpaired) electrons. The molecular weight excluding hydrogens is 538 g/mol. The maximum Gasteiger partial charge on any atom is 0.268 e. The number of hydrogen-bond acceptors (Lipinski definition) is 8. The topological polar surface area (TPSA) is 147 Å². The van der Waals surface area contributed by atoms with Crippen molar-refractivity contribution < 1.29 is 13.2 Å². The molecule has 204 valence electrons. The van der Waals surface area contributed by atoms with Crippen LogP contribution in [-0.4, -0.2) is 52.3 Å². The Morgan fingerprint density at radius 1 is 1.02 bits per heavy atom. The summed E-state index contributed by atoms with van der Waals surface area (Å²) in [6, 6.07) is 24.1. The quantitative estimate of drug-likeness (QED) is 0.293. The monoisotopic (exact) mass is 563 g/mol. The summed E-state index contributed by atoms with van der Waals surface area (Å²) in [5.74, 6) is 0.205. The number of nitrogens with one attached hydrogen (secondary N) is 1. The Labute approximate surface area is 236 Å². The second-order valence-corrected chi connectivity index (χ2v) is 11.6. The van der Waals surface area contributed by atoms with Gasteiger partial charge in [-0.25, -0.2) is 22.4 Å². The van der Waals surface area contributed by atoms with Crippen LogP contribution in [0.2, 0.25) is 0 Å². The molecule has 1 aliphatic heterocycles. The molecule has 1 unspecified atom stereocenters. The van der Waals surface area contributed by atoms with Gasteiger partial charge in [-0.3, -0.25) is 4.79 Å². The molecule has 5 aromatic rings.